The van der Waals surface area contributed by atoms with Gasteiger partial charge in [-0.1, -0.05) is 11.6 Å². The third kappa shape index (κ3) is 1.02. The molecule has 0 heterocycles. The minimum atomic E-state index is 0. The van der Waals surface area contributed by atoms with E-state index in [9.17, 15) is 0 Å². The van der Waals surface area contributed by atoms with E-state index in [-0.39, 0.29) is 31.0 Å². The van der Waals surface area contributed by atoms with Gasteiger partial charge in [-0.15, -0.1) is 0 Å². The van der Waals surface area contributed by atoms with Gasteiger partial charge in [0.25, 0.3) is 0 Å². The van der Waals surface area contributed by atoms with Gasteiger partial charge in [0.05, 0.1) is 0 Å². The zero-order valence-corrected chi connectivity index (χ0v) is 7.48. The average molecular weight is 118 g/mol. The van der Waals surface area contributed by atoms with Crippen LogP contribution in [-0.4, -0.2) is 0 Å². The van der Waals surface area contributed by atoms with Crippen molar-refractivity contribution in [2.75, 3.05) is 0 Å². The number of fused-ring (bicyclic) bond motifs is 2. The average Bonchev–Trinajstić information content (AvgIpc) is 2.22. The Balaban J connectivity index is 0.000000320. The fraction of sp³-hybridized carbons (Fsp3) is 0.714. The summed E-state index contributed by atoms with van der Waals surface area (Å²) < 4.78 is 0. The van der Waals surface area contributed by atoms with Crippen molar-refractivity contribution in [3.63, 3.8) is 0 Å². The Morgan fingerprint density at radius 2 is 2.50 bits per heavy atom. The standard InChI is InChI=1S/C7H10.Na.H/c1-2-7-4-3-6(1)5-7;;/h1,7H,2-5H2;;/q;+1;-1. The molecule has 0 amide bonds. The molecule has 1 fully saturated rings. The maximum Gasteiger partial charge on any atom is 1.00 e. The first kappa shape index (κ1) is 6.85. The van der Waals surface area contributed by atoms with E-state index >= 15 is 0 Å². The van der Waals surface area contributed by atoms with Crippen LogP contribution in [0.25, 0.3) is 0 Å². The summed E-state index contributed by atoms with van der Waals surface area (Å²) in [5.74, 6) is 1.08. The van der Waals surface area contributed by atoms with E-state index in [4.69, 9.17) is 0 Å². The zero-order valence-electron chi connectivity index (χ0n) is 6.48. The van der Waals surface area contributed by atoms with Crippen LogP contribution in [0, 0.1) is 5.92 Å². The van der Waals surface area contributed by atoms with E-state index in [0.29, 0.717) is 0 Å². The van der Waals surface area contributed by atoms with E-state index in [0.717, 1.165) is 5.92 Å². The fourth-order valence-corrected chi connectivity index (χ4v) is 1.68. The molecule has 0 N–H and O–H groups in total. The largest absolute Gasteiger partial charge is 1.00 e. The summed E-state index contributed by atoms with van der Waals surface area (Å²) in [7, 11) is 0. The second kappa shape index (κ2) is 2.55. The molecule has 0 spiro atoms. The molecule has 2 bridgehead atoms. The molecule has 2 aliphatic rings. The molecule has 0 aromatic rings. The van der Waals surface area contributed by atoms with Gasteiger partial charge in [-0.2, -0.15) is 0 Å². The van der Waals surface area contributed by atoms with Gasteiger partial charge in [-0.3, -0.25) is 0 Å². The summed E-state index contributed by atoms with van der Waals surface area (Å²) in [5, 5.41) is 0. The Morgan fingerprint density at radius 3 is 2.62 bits per heavy atom. The molecule has 0 nitrogen and oxygen atoms in total. The van der Waals surface area contributed by atoms with Crippen LogP contribution in [0.2, 0.25) is 0 Å². The quantitative estimate of drug-likeness (QED) is 0.289. The van der Waals surface area contributed by atoms with Gasteiger partial charge in [0.15, 0.2) is 0 Å². The summed E-state index contributed by atoms with van der Waals surface area (Å²) in [6.07, 6.45) is 8.18. The monoisotopic (exact) mass is 118 g/mol. The molecule has 1 saturated carbocycles. The predicted molar refractivity (Wildman–Crippen MR) is 31.2 cm³/mol. The molecule has 0 aliphatic heterocycles. The van der Waals surface area contributed by atoms with Gasteiger partial charge < -0.3 is 1.43 Å². The number of hydrogen-bond donors (Lipinski definition) is 0. The van der Waals surface area contributed by atoms with Crippen LogP contribution in [0.3, 0.4) is 0 Å². The van der Waals surface area contributed by atoms with Crippen LogP contribution in [0.1, 0.15) is 27.1 Å². The summed E-state index contributed by atoms with van der Waals surface area (Å²) in [4.78, 5) is 0. The normalized spacial score (nSPS) is 32.0. The first-order chi connectivity index (χ1) is 3.45. The van der Waals surface area contributed by atoms with Crippen molar-refractivity contribution < 1.29 is 31.0 Å². The Labute approximate surface area is 74.1 Å². The maximum atomic E-state index is 2.42. The van der Waals surface area contributed by atoms with E-state index in [1.54, 1.807) is 5.57 Å². The summed E-state index contributed by atoms with van der Waals surface area (Å²) in [6, 6.07) is 0. The van der Waals surface area contributed by atoms with Gasteiger partial charge in [0.1, 0.15) is 0 Å². The minimum Gasteiger partial charge on any atom is -1.00 e. The Kier molecular flexibility index (Phi) is 2.19. The van der Waals surface area contributed by atoms with E-state index in [2.05, 4.69) is 6.08 Å². The van der Waals surface area contributed by atoms with E-state index in [1.165, 1.54) is 25.7 Å². The van der Waals surface area contributed by atoms with Gasteiger partial charge in [-0.25, -0.2) is 0 Å². The third-order valence-corrected chi connectivity index (χ3v) is 2.16. The second-order valence-corrected chi connectivity index (χ2v) is 2.71. The molecule has 2 rings (SSSR count). The molecule has 1 unspecified atom stereocenters. The smallest absolute Gasteiger partial charge is 1.00 e. The van der Waals surface area contributed by atoms with Crippen LogP contribution in [0.15, 0.2) is 11.6 Å². The second-order valence-electron chi connectivity index (χ2n) is 2.71. The summed E-state index contributed by atoms with van der Waals surface area (Å²) >= 11 is 0. The fourth-order valence-electron chi connectivity index (χ4n) is 1.68. The molecule has 1 heteroatoms. The maximum absolute atomic E-state index is 2.42. The van der Waals surface area contributed by atoms with Gasteiger partial charge in [0, 0.05) is 0 Å². The van der Waals surface area contributed by atoms with Crippen molar-refractivity contribution in [3.8, 4) is 0 Å². The minimum absolute atomic E-state index is 0. The van der Waals surface area contributed by atoms with Crippen molar-refractivity contribution >= 4 is 0 Å². The van der Waals surface area contributed by atoms with Crippen LogP contribution >= 0.6 is 0 Å². The van der Waals surface area contributed by atoms with Crippen molar-refractivity contribution in [2.45, 2.75) is 25.7 Å². The number of hydrogen-bond acceptors (Lipinski definition) is 0. The van der Waals surface area contributed by atoms with Crippen molar-refractivity contribution in [2.24, 2.45) is 5.92 Å². The SMILES string of the molecule is C1=C2CCC(C1)C2.[H-].[Na+]. The molecule has 1 atom stereocenters. The Hall–Kier alpha value is 0.740. The Bertz CT molecular complexity index is 120. The van der Waals surface area contributed by atoms with E-state index < -0.39 is 0 Å². The van der Waals surface area contributed by atoms with Gasteiger partial charge >= 0.3 is 29.6 Å². The van der Waals surface area contributed by atoms with Gasteiger partial charge in [-0.05, 0) is 31.6 Å². The molecule has 0 saturated heterocycles. The van der Waals surface area contributed by atoms with E-state index in [1.807, 2.05) is 0 Å². The number of allylic oxidation sites excluding steroid dienone is 2. The van der Waals surface area contributed by atoms with Crippen molar-refractivity contribution in [1.82, 2.24) is 0 Å². The van der Waals surface area contributed by atoms with Crippen LogP contribution in [-0.2, 0) is 0 Å². The molecular weight excluding hydrogens is 107 g/mol. The number of rotatable bonds is 0. The first-order valence-electron chi connectivity index (χ1n) is 3.13. The Morgan fingerprint density at radius 1 is 1.62 bits per heavy atom. The van der Waals surface area contributed by atoms with Gasteiger partial charge in [0.2, 0.25) is 0 Å². The summed E-state index contributed by atoms with van der Waals surface area (Å²) in [6.45, 7) is 0. The first-order valence-corrected chi connectivity index (χ1v) is 3.13. The molecule has 0 aromatic carbocycles. The topological polar surface area (TPSA) is 0 Å². The molecule has 2 aliphatic carbocycles. The summed E-state index contributed by atoms with van der Waals surface area (Å²) in [5.41, 5.74) is 1.74. The third-order valence-electron chi connectivity index (χ3n) is 2.16. The van der Waals surface area contributed by atoms with Crippen molar-refractivity contribution in [3.05, 3.63) is 11.6 Å². The van der Waals surface area contributed by atoms with Crippen LogP contribution in [0.5, 0.6) is 0 Å². The molecule has 0 aromatic heterocycles. The van der Waals surface area contributed by atoms with Crippen molar-refractivity contribution in [1.29, 1.82) is 0 Å². The molecule has 40 valence electrons. The molecular formula is C7H11Na. The molecule has 8 heavy (non-hydrogen) atoms. The molecule has 0 radical (unpaired) electrons. The predicted octanol–water partition coefficient (Wildman–Crippen LogP) is -0.767. The van der Waals surface area contributed by atoms with Crippen LogP contribution < -0.4 is 29.6 Å². The van der Waals surface area contributed by atoms with Crippen LogP contribution in [0.4, 0.5) is 0 Å². The zero-order chi connectivity index (χ0) is 4.69.